The highest BCUT2D eigenvalue weighted by Gasteiger charge is 2.29. The molecule has 0 amide bonds. The van der Waals surface area contributed by atoms with Gasteiger partial charge in [0.2, 0.25) is 10.0 Å². The van der Waals surface area contributed by atoms with E-state index in [1.807, 2.05) is 31.2 Å². The van der Waals surface area contributed by atoms with E-state index in [0.717, 1.165) is 36.9 Å². The van der Waals surface area contributed by atoms with E-state index in [1.165, 1.54) is 0 Å². The fourth-order valence-electron chi connectivity index (χ4n) is 2.91. The van der Waals surface area contributed by atoms with Crippen molar-refractivity contribution in [1.29, 1.82) is 0 Å². The molecule has 1 aliphatic heterocycles. The van der Waals surface area contributed by atoms with E-state index in [2.05, 4.69) is 14.6 Å². The number of hydrogen-bond acceptors (Lipinski definition) is 5. The topological polar surface area (TPSA) is 75.4 Å². The first-order chi connectivity index (χ1) is 11.1. The standard InChI is InChI=1S/C16H23N3O3S/c1-2-3-11-23(20,21)17-12-13-7-6-10-19(13)16-18-14-8-4-5-9-15(14)22-16/h4-5,8-9,13,17H,2-3,6-7,10-12H2,1H3. The van der Waals surface area contributed by atoms with Gasteiger partial charge in [0.1, 0.15) is 5.52 Å². The lowest BCUT2D eigenvalue weighted by molar-refractivity contribution is 0.533. The summed E-state index contributed by atoms with van der Waals surface area (Å²) in [7, 11) is -3.19. The molecule has 23 heavy (non-hydrogen) atoms. The van der Waals surface area contributed by atoms with E-state index in [9.17, 15) is 8.42 Å². The van der Waals surface area contributed by atoms with Gasteiger partial charge in [-0.1, -0.05) is 25.5 Å². The van der Waals surface area contributed by atoms with Crippen LogP contribution in [0.1, 0.15) is 32.6 Å². The normalized spacial score (nSPS) is 18.8. The van der Waals surface area contributed by atoms with Crippen LogP contribution in [-0.2, 0) is 10.0 Å². The summed E-state index contributed by atoms with van der Waals surface area (Å²) >= 11 is 0. The van der Waals surface area contributed by atoms with Crippen molar-refractivity contribution in [2.45, 2.75) is 38.6 Å². The fraction of sp³-hybridized carbons (Fsp3) is 0.562. The first kappa shape index (κ1) is 16.3. The summed E-state index contributed by atoms with van der Waals surface area (Å²) in [4.78, 5) is 6.59. The molecule has 1 fully saturated rings. The quantitative estimate of drug-likeness (QED) is 0.840. The zero-order valence-electron chi connectivity index (χ0n) is 13.4. The van der Waals surface area contributed by atoms with Gasteiger partial charge in [0, 0.05) is 19.1 Å². The first-order valence-corrected chi connectivity index (χ1v) is 9.84. The highest BCUT2D eigenvalue weighted by Crippen LogP contribution is 2.28. The zero-order chi connectivity index (χ0) is 16.3. The second kappa shape index (κ2) is 6.88. The number of oxazole rings is 1. The highest BCUT2D eigenvalue weighted by molar-refractivity contribution is 7.89. The predicted molar refractivity (Wildman–Crippen MR) is 91.1 cm³/mol. The summed E-state index contributed by atoms with van der Waals surface area (Å²) in [5.41, 5.74) is 1.59. The van der Waals surface area contributed by atoms with Gasteiger partial charge in [-0.25, -0.2) is 13.1 Å². The Morgan fingerprint density at radius 2 is 2.22 bits per heavy atom. The number of nitrogens with zero attached hydrogens (tertiary/aromatic N) is 2. The second-order valence-corrected chi connectivity index (χ2v) is 7.90. The number of unbranched alkanes of at least 4 members (excludes halogenated alkanes) is 1. The van der Waals surface area contributed by atoms with Crippen molar-refractivity contribution in [3.05, 3.63) is 24.3 Å². The number of sulfonamides is 1. The van der Waals surface area contributed by atoms with Gasteiger partial charge in [0.15, 0.2) is 5.58 Å². The third kappa shape index (κ3) is 3.84. The Balaban J connectivity index is 1.68. The lowest BCUT2D eigenvalue weighted by Gasteiger charge is -2.23. The Kier molecular flexibility index (Phi) is 4.87. The second-order valence-electron chi connectivity index (χ2n) is 5.97. The maximum Gasteiger partial charge on any atom is 0.298 e. The smallest absolute Gasteiger partial charge is 0.298 e. The minimum atomic E-state index is -3.19. The fourth-order valence-corrected chi connectivity index (χ4v) is 4.17. The van der Waals surface area contributed by atoms with E-state index >= 15 is 0 Å². The van der Waals surface area contributed by atoms with Crippen LogP contribution in [0.4, 0.5) is 6.01 Å². The van der Waals surface area contributed by atoms with Crippen molar-refractivity contribution in [3.8, 4) is 0 Å². The minimum absolute atomic E-state index is 0.0967. The van der Waals surface area contributed by atoms with Crippen LogP contribution in [0, 0.1) is 0 Å². The summed E-state index contributed by atoms with van der Waals surface area (Å²) in [5, 5.41) is 0. The molecule has 0 aliphatic carbocycles. The van der Waals surface area contributed by atoms with Crippen LogP contribution in [0.2, 0.25) is 0 Å². The van der Waals surface area contributed by atoms with Crippen molar-refractivity contribution in [3.63, 3.8) is 0 Å². The van der Waals surface area contributed by atoms with Gasteiger partial charge in [-0.15, -0.1) is 0 Å². The van der Waals surface area contributed by atoms with E-state index in [-0.39, 0.29) is 11.8 Å². The van der Waals surface area contributed by atoms with Crippen LogP contribution in [0.5, 0.6) is 0 Å². The van der Waals surface area contributed by atoms with E-state index in [1.54, 1.807) is 0 Å². The Bertz CT molecular complexity index is 724. The maximum absolute atomic E-state index is 12.0. The Morgan fingerprint density at radius 3 is 3.00 bits per heavy atom. The number of hydrogen-bond donors (Lipinski definition) is 1. The van der Waals surface area contributed by atoms with Gasteiger partial charge in [-0.2, -0.15) is 4.98 Å². The van der Waals surface area contributed by atoms with Crippen molar-refractivity contribution < 1.29 is 12.8 Å². The summed E-state index contributed by atoms with van der Waals surface area (Å²) < 4.78 is 32.5. The summed E-state index contributed by atoms with van der Waals surface area (Å²) in [6.45, 7) is 3.24. The van der Waals surface area contributed by atoms with Crippen LogP contribution < -0.4 is 9.62 Å². The van der Waals surface area contributed by atoms with Crippen LogP contribution in [0.25, 0.3) is 11.1 Å². The monoisotopic (exact) mass is 337 g/mol. The van der Waals surface area contributed by atoms with Crippen LogP contribution in [0.3, 0.4) is 0 Å². The molecule has 0 spiro atoms. The van der Waals surface area contributed by atoms with Crippen molar-refractivity contribution >= 4 is 27.1 Å². The third-order valence-corrected chi connectivity index (χ3v) is 5.64. The van der Waals surface area contributed by atoms with E-state index < -0.39 is 10.0 Å². The van der Waals surface area contributed by atoms with Crippen LogP contribution >= 0.6 is 0 Å². The maximum atomic E-state index is 12.0. The number of rotatable bonds is 7. The molecule has 0 saturated carbocycles. The lowest BCUT2D eigenvalue weighted by atomic mass is 10.2. The van der Waals surface area contributed by atoms with Gasteiger partial charge >= 0.3 is 0 Å². The molecular weight excluding hydrogens is 314 g/mol. The average molecular weight is 337 g/mol. The number of anilines is 1. The number of benzene rings is 1. The molecule has 6 nitrogen and oxygen atoms in total. The number of fused-ring (bicyclic) bond motifs is 1. The highest BCUT2D eigenvalue weighted by atomic mass is 32.2. The molecule has 1 unspecified atom stereocenters. The molecule has 2 heterocycles. The molecule has 126 valence electrons. The molecule has 7 heteroatoms. The van der Waals surface area contributed by atoms with E-state index in [4.69, 9.17) is 4.42 Å². The van der Waals surface area contributed by atoms with Gasteiger partial charge in [0.25, 0.3) is 6.01 Å². The summed E-state index contributed by atoms with van der Waals surface area (Å²) in [6, 6.07) is 8.34. The largest absolute Gasteiger partial charge is 0.423 e. The van der Waals surface area contributed by atoms with Gasteiger partial charge in [-0.05, 0) is 31.4 Å². The molecular formula is C16H23N3O3S. The SMILES string of the molecule is CCCCS(=O)(=O)NCC1CCCN1c1nc2ccccc2o1. The molecule has 1 aromatic carbocycles. The van der Waals surface area contributed by atoms with Crippen LogP contribution in [0.15, 0.2) is 28.7 Å². The van der Waals surface area contributed by atoms with Crippen molar-refractivity contribution in [1.82, 2.24) is 9.71 Å². The van der Waals surface area contributed by atoms with Crippen LogP contribution in [-0.4, -0.2) is 38.3 Å². The lowest BCUT2D eigenvalue weighted by Crippen LogP contribution is -2.41. The predicted octanol–water partition coefficient (Wildman–Crippen LogP) is 2.52. The van der Waals surface area contributed by atoms with Gasteiger partial charge in [0.05, 0.1) is 5.75 Å². The summed E-state index contributed by atoms with van der Waals surface area (Å²) in [5.74, 6) is 0.194. The van der Waals surface area contributed by atoms with Gasteiger partial charge < -0.3 is 9.32 Å². The van der Waals surface area contributed by atoms with E-state index in [0.29, 0.717) is 19.0 Å². The Hall–Kier alpha value is -1.60. The molecule has 2 aromatic rings. The molecule has 3 rings (SSSR count). The zero-order valence-corrected chi connectivity index (χ0v) is 14.2. The molecule has 1 atom stereocenters. The number of aromatic nitrogens is 1. The molecule has 0 bridgehead atoms. The van der Waals surface area contributed by atoms with Gasteiger partial charge in [-0.3, -0.25) is 0 Å². The molecule has 1 aliphatic rings. The average Bonchev–Trinajstić information content (AvgIpc) is 3.16. The Labute approximate surface area is 136 Å². The van der Waals surface area contributed by atoms with Crippen molar-refractivity contribution in [2.24, 2.45) is 0 Å². The first-order valence-electron chi connectivity index (χ1n) is 8.18. The minimum Gasteiger partial charge on any atom is -0.423 e. The number of nitrogens with one attached hydrogen (secondary N) is 1. The molecule has 1 N–H and O–H groups in total. The number of para-hydroxylation sites is 2. The molecule has 1 aromatic heterocycles. The third-order valence-electron chi connectivity index (χ3n) is 4.21. The summed E-state index contributed by atoms with van der Waals surface area (Å²) in [6.07, 6.45) is 3.52. The Morgan fingerprint density at radius 1 is 1.39 bits per heavy atom. The molecule has 0 radical (unpaired) electrons. The van der Waals surface area contributed by atoms with Crippen molar-refractivity contribution in [2.75, 3.05) is 23.7 Å². The molecule has 1 saturated heterocycles.